The standard InChI is InChI=1S/C21H23N3O2/c25-13-12-24(19-11-10-17-8-4-5-9-18(17)19)15-20-22-21(26-23-20)14-16-6-2-1-3-7-16/h1-9,19,25H,10-15H2. The molecule has 0 aliphatic heterocycles. The summed E-state index contributed by atoms with van der Waals surface area (Å²) in [6.07, 6.45) is 2.78. The Morgan fingerprint density at radius 3 is 2.73 bits per heavy atom. The third-order valence-corrected chi connectivity index (χ3v) is 4.98. The Bertz CT molecular complexity index is 847. The molecule has 1 aliphatic carbocycles. The fourth-order valence-corrected chi connectivity index (χ4v) is 3.77. The van der Waals surface area contributed by atoms with E-state index in [4.69, 9.17) is 4.52 Å². The summed E-state index contributed by atoms with van der Waals surface area (Å²) in [5.74, 6) is 1.30. The lowest BCUT2D eigenvalue weighted by Gasteiger charge is -2.27. The number of rotatable bonds is 7. The van der Waals surface area contributed by atoms with Crippen LogP contribution in [0.25, 0.3) is 0 Å². The van der Waals surface area contributed by atoms with Gasteiger partial charge in [0.25, 0.3) is 0 Å². The van der Waals surface area contributed by atoms with Gasteiger partial charge >= 0.3 is 0 Å². The Balaban J connectivity index is 1.48. The molecule has 0 amide bonds. The highest BCUT2D eigenvalue weighted by Crippen LogP contribution is 2.36. The highest BCUT2D eigenvalue weighted by atomic mass is 16.5. The molecule has 0 spiro atoms. The van der Waals surface area contributed by atoms with Crippen molar-refractivity contribution in [1.29, 1.82) is 0 Å². The molecule has 5 heteroatoms. The van der Waals surface area contributed by atoms with Crippen molar-refractivity contribution >= 4 is 0 Å². The van der Waals surface area contributed by atoms with Gasteiger partial charge in [0.15, 0.2) is 5.82 Å². The molecule has 0 saturated carbocycles. The number of hydrogen-bond acceptors (Lipinski definition) is 5. The number of aryl methyl sites for hydroxylation is 1. The van der Waals surface area contributed by atoms with E-state index in [1.807, 2.05) is 18.2 Å². The minimum Gasteiger partial charge on any atom is -0.395 e. The van der Waals surface area contributed by atoms with Crippen LogP contribution in [0.3, 0.4) is 0 Å². The third-order valence-electron chi connectivity index (χ3n) is 4.98. The number of aromatic nitrogens is 2. The first-order chi connectivity index (χ1) is 12.8. The van der Waals surface area contributed by atoms with E-state index in [9.17, 15) is 5.11 Å². The molecule has 0 fully saturated rings. The Labute approximate surface area is 153 Å². The van der Waals surface area contributed by atoms with Crippen molar-refractivity contribution in [2.24, 2.45) is 0 Å². The van der Waals surface area contributed by atoms with Crippen LogP contribution >= 0.6 is 0 Å². The summed E-state index contributed by atoms with van der Waals surface area (Å²) >= 11 is 0. The molecule has 0 saturated heterocycles. The molecular weight excluding hydrogens is 326 g/mol. The number of fused-ring (bicyclic) bond motifs is 1. The van der Waals surface area contributed by atoms with Crippen LogP contribution in [0.1, 0.15) is 40.9 Å². The van der Waals surface area contributed by atoms with E-state index in [0.29, 0.717) is 37.3 Å². The van der Waals surface area contributed by atoms with E-state index < -0.39 is 0 Å². The van der Waals surface area contributed by atoms with Crippen LogP contribution < -0.4 is 0 Å². The summed E-state index contributed by atoms with van der Waals surface area (Å²) in [5, 5.41) is 13.7. The van der Waals surface area contributed by atoms with Crippen LogP contribution in [0.5, 0.6) is 0 Å². The molecule has 1 atom stereocenters. The summed E-state index contributed by atoms with van der Waals surface area (Å²) in [6.45, 7) is 1.30. The topological polar surface area (TPSA) is 62.4 Å². The quantitative estimate of drug-likeness (QED) is 0.710. The minimum absolute atomic E-state index is 0.118. The van der Waals surface area contributed by atoms with Crippen molar-refractivity contribution < 1.29 is 9.63 Å². The van der Waals surface area contributed by atoms with Crippen molar-refractivity contribution in [2.75, 3.05) is 13.2 Å². The second-order valence-corrected chi connectivity index (χ2v) is 6.71. The van der Waals surface area contributed by atoms with Gasteiger partial charge in [-0.2, -0.15) is 4.98 Å². The van der Waals surface area contributed by atoms with E-state index >= 15 is 0 Å². The van der Waals surface area contributed by atoms with E-state index in [1.54, 1.807) is 0 Å². The Morgan fingerprint density at radius 2 is 1.88 bits per heavy atom. The van der Waals surface area contributed by atoms with E-state index in [-0.39, 0.29) is 6.61 Å². The average Bonchev–Trinajstić information content (AvgIpc) is 3.29. The van der Waals surface area contributed by atoms with Crippen molar-refractivity contribution in [3.05, 3.63) is 83.0 Å². The van der Waals surface area contributed by atoms with Crippen molar-refractivity contribution in [1.82, 2.24) is 15.0 Å². The monoisotopic (exact) mass is 349 g/mol. The van der Waals surface area contributed by atoms with Crippen molar-refractivity contribution in [3.63, 3.8) is 0 Å². The molecule has 0 bridgehead atoms. The van der Waals surface area contributed by atoms with Gasteiger partial charge in [-0.3, -0.25) is 4.90 Å². The highest BCUT2D eigenvalue weighted by molar-refractivity contribution is 5.34. The summed E-state index contributed by atoms with van der Waals surface area (Å²) in [7, 11) is 0. The zero-order valence-corrected chi connectivity index (χ0v) is 14.7. The van der Waals surface area contributed by atoms with Gasteiger partial charge in [0.2, 0.25) is 5.89 Å². The molecule has 5 nitrogen and oxygen atoms in total. The third kappa shape index (κ3) is 3.69. The number of benzene rings is 2. The van der Waals surface area contributed by atoms with Gasteiger partial charge in [-0.15, -0.1) is 0 Å². The molecule has 4 rings (SSSR count). The normalized spacial score (nSPS) is 16.2. The van der Waals surface area contributed by atoms with E-state index in [1.165, 1.54) is 11.1 Å². The lowest BCUT2D eigenvalue weighted by atomic mass is 10.1. The maximum Gasteiger partial charge on any atom is 0.231 e. The Morgan fingerprint density at radius 1 is 1.08 bits per heavy atom. The second kappa shape index (κ2) is 7.81. The summed E-state index contributed by atoms with van der Waals surface area (Å²) in [4.78, 5) is 6.81. The van der Waals surface area contributed by atoms with Crippen molar-refractivity contribution in [2.45, 2.75) is 31.8 Å². The smallest absolute Gasteiger partial charge is 0.231 e. The molecule has 0 radical (unpaired) electrons. The van der Waals surface area contributed by atoms with Crippen LogP contribution in [0, 0.1) is 0 Å². The molecule has 1 heterocycles. The lowest BCUT2D eigenvalue weighted by Crippen LogP contribution is -2.30. The van der Waals surface area contributed by atoms with Gasteiger partial charge in [-0.1, -0.05) is 59.8 Å². The van der Waals surface area contributed by atoms with E-state index in [2.05, 4.69) is 51.4 Å². The molecule has 3 aromatic rings. The van der Waals surface area contributed by atoms with Crippen LogP contribution in [0.2, 0.25) is 0 Å². The minimum atomic E-state index is 0.118. The molecule has 134 valence electrons. The number of nitrogens with zero attached hydrogens (tertiary/aromatic N) is 3. The zero-order chi connectivity index (χ0) is 17.8. The van der Waals surface area contributed by atoms with Crippen LogP contribution in [-0.2, 0) is 19.4 Å². The highest BCUT2D eigenvalue weighted by Gasteiger charge is 2.28. The van der Waals surface area contributed by atoms with Crippen LogP contribution in [-0.4, -0.2) is 33.3 Å². The maximum absolute atomic E-state index is 9.52. The van der Waals surface area contributed by atoms with E-state index in [0.717, 1.165) is 18.4 Å². The molecule has 1 unspecified atom stereocenters. The molecule has 2 aromatic carbocycles. The average molecular weight is 349 g/mol. The Kier molecular flexibility index (Phi) is 5.09. The van der Waals surface area contributed by atoms with Crippen molar-refractivity contribution in [3.8, 4) is 0 Å². The lowest BCUT2D eigenvalue weighted by molar-refractivity contribution is 0.138. The Hall–Kier alpha value is -2.50. The molecule has 1 aromatic heterocycles. The number of hydrogen-bond donors (Lipinski definition) is 1. The zero-order valence-electron chi connectivity index (χ0n) is 14.7. The molecule has 1 N–H and O–H groups in total. The van der Waals surface area contributed by atoms with Gasteiger partial charge in [0.1, 0.15) is 0 Å². The predicted molar refractivity (Wildman–Crippen MR) is 98.5 cm³/mol. The summed E-state index contributed by atoms with van der Waals surface area (Å²) in [6, 6.07) is 19.0. The number of aliphatic hydroxyl groups is 1. The molecule has 26 heavy (non-hydrogen) atoms. The maximum atomic E-state index is 9.52. The fraction of sp³-hybridized carbons (Fsp3) is 0.333. The van der Waals surface area contributed by atoms with Crippen LogP contribution in [0.15, 0.2) is 59.1 Å². The number of aliphatic hydroxyl groups excluding tert-OH is 1. The first kappa shape index (κ1) is 16.9. The fourth-order valence-electron chi connectivity index (χ4n) is 3.77. The first-order valence-electron chi connectivity index (χ1n) is 9.11. The molecular formula is C21H23N3O2. The van der Waals surface area contributed by atoms with Gasteiger partial charge in [0, 0.05) is 12.6 Å². The van der Waals surface area contributed by atoms with Gasteiger partial charge in [-0.05, 0) is 29.5 Å². The summed E-state index contributed by atoms with van der Waals surface area (Å²) in [5.41, 5.74) is 3.91. The molecule has 1 aliphatic rings. The largest absolute Gasteiger partial charge is 0.395 e. The summed E-state index contributed by atoms with van der Waals surface area (Å²) < 4.78 is 5.43. The van der Waals surface area contributed by atoms with Gasteiger partial charge in [-0.25, -0.2) is 0 Å². The van der Waals surface area contributed by atoms with Gasteiger partial charge in [0.05, 0.1) is 19.6 Å². The first-order valence-corrected chi connectivity index (χ1v) is 9.11. The van der Waals surface area contributed by atoms with Gasteiger partial charge < -0.3 is 9.63 Å². The SMILES string of the molecule is OCCN(Cc1noc(Cc2ccccc2)n1)C1CCc2ccccc21. The second-order valence-electron chi connectivity index (χ2n) is 6.71. The van der Waals surface area contributed by atoms with Crippen LogP contribution in [0.4, 0.5) is 0 Å². The predicted octanol–water partition coefficient (Wildman–Crippen LogP) is 3.14.